The molecule has 0 fully saturated rings. The van der Waals surface area contributed by atoms with Gasteiger partial charge in [-0.1, -0.05) is 39.0 Å². The topological polar surface area (TPSA) is 35.5 Å². The Balaban J connectivity index is 2.77. The highest BCUT2D eigenvalue weighted by Crippen LogP contribution is 2.04. The van der Waals surface area contributed by atoms with E-state index in [4.69, 9.17) is 0 Å². The third-order valence-electron chi connectivity index (χ3n) is 1.67. The van der Waals surface area contributed by atoms with Gasteiger partial charge in [0, 0.05) is 0 Å². The highest BCUT2D eigenvalue weighted by atomic mass is 17.2. The van der Waals surface area contributed by atoms with E-state index in [1.807, 2.05) is 0 Å². The predicted octanol–water partition coefficient (Wildman–Crippen LogP) is 2.36. The van der Waals surface area contributed by atoms with Crippen molar-refractivity contribution in [1.29, 1.82) is 0 Å². The fourth-order valence-corrected chi connectivity index (χ4v) is 1.01. The second kappa shape index (κ2) is 10.4. The van der Waals surface area contributed by atoms with Crippen LogP contribution in [0.2, 0.25) is 0 Å². The molecule has 0 aliphatic carbocycles. The number of hydrogen-bond donors (Lipinski definition) is 0. The van der Waals surface area contributed by atoms with Gasteiger partial charge in [-0.05, 0) is 6.42 Å². The molecule has 0 aromatic heterocycles. The molecule has 0 saturated carbocycles. The van der Waals surface area contributed by atoms with Crippen LogP contribution in [0.3, 0.4) is 0 Å². The summed E-state index contributed by atoms with van der Waals surface area (Å²) >= 11 is 0. The summed E-state index contributed by atoms with van der Waals surface area (Å²) in [4.78, 5) is 17.9. The van der Waals surface area contributed by atoms with E-state index in [9.17, 15) is 4.79 Å². The SMILES string of the molecule is CCCCCCCCOO[C]=O. The second-order valence-corrected chi connectivity index (χ2v) is 2.76. The molecule has 3 heteroatoms. The van der Waals surface area contributed by atoms with Gasteiger partial charge in [0.15, 0.2) is 0 Å². The summed E-state index contributed by atoms with van der Waals surface area (Å²) in [7, 11) is 0. The van der Waals surface area contributed by atoms with E-state index in [1.54, 1.807) is 0 Å². The van der Waals surface area contributed by atoms with Crippen molar-refractivity contribution in [3.8, 4) is 0 Å². The first-order chi connectivity index (χ1) is 5.91. The standard InChI is InChI=1S/C9H17O3/c1-2-3-4-5-6-7-8-11-12-9-10/h2-8H2,1H3. The maximum Gasteiger partial charge on any atom is 0.453 e. The maximum absolute atomic E-state index is 9.51. The van der Waals surface area contributed by atoms with Crippen LogP contribution in [-0.2, 0) is 14.6 Å². The van der Waals surface area contributed by atoms with Gasteiger partial charge in [0.2, 0.25) is 0 Å². The van der Waals surface area contributed by atoms with Crippen LogP contribution in [0.4, 0.5) is 0 Å². The Bertz CT molecular complexity index is 93.8. The van der Waals surface area contributed by atoms with Gasteiger partial charge in [-0.25, -0.2) is 4.79 Å². The zero-order valence-corrected chi connectivity index (χ0v) is 7.67. The van der Waals surface area contributed by atoms with Gasteiger partial charge in [0.05, 0.1) is 6.61 Å². The Labute approximate surface area is 74.0 Å². The second-order valence-electron chi connectivity index (χ2n) is 2.76. The van der Waals surface area contributed by atoms with E-state index in [0.717, 1.165) is 12.8 Å². The molecular formula is C9H17O3. The van der Waals surface area contributed by atoms with Crippen LogP contribution in [0.5, 0.6) is 0 Å². The van der Waals surface area contributed by atoms with Crippen LogP contribution >= 0.6 is 0 Å². The molecule has 12 heavy (non-hydrogen) atoms. The lowest BCUT2D eigenvalue weighted by Gasteiger charge is -1.99. The van der Waals surface area contributed by atoms with Crippen molar-refractivity contribution in [3.63, 3.8) is 0 Å². The molecule has 0 unspecified atom stereocenters. The summed E-state index contributed by atoms with van der Waals surface area (Å²) in [6.45, 7) is 3.89. The van der Waals surface area contributed by atoms with Crippen LogP contribution in [-0.4, -0.2) is 13.1 Å². The normalized spacial score (nSPS) is 9.75. The summed E-state index contributed by atoms with van der Waals surface area (Å²) in [5.41, 5.74) is 0. The van der Waals surface area contributed by atoms with Crippen molar-refractivity contribution < 1.29 is 14.6 Å². The number of carbonyl (C=O) groups excluding carboxylic acids is 1. The molecule has 0 atom stereocenters. The van der Waals surface area contributed by atoms with E-state index in [2.05, 4.69) is 16.7 Å². The third kappa shape index (κ3) is 9.43. The van der Waals surface area contributed by atoms with Crippen molar-refractivity contribution in [2.45, 2.75) is 45.4 Å². The van der Waals surface area contributed by atoms with E-state index < -0.39 is 0 Å². The molecule has 0 heterocycles. The molecule has 71 valence electrons. The van der Waals surface area contributed by atoms with Gasteiger partial charge in [-0.2, -0.15) is 4.89 Å². The molecule has 3 nitrogen and oxygen atoms in total. The van der Waals surface area contributed by atoms with E-state index >= 15 is 0 Å². The lowest BCUT2D eigenvalue weighted by molar-refractivity contribution is -0.222. The van der Waals surface area contributed by atoms with Gasteiger partial charge >= 0.3 is 6.47 Å². The van der Waals surface area contributed by atoms with E-state index in [1.165, 1.54) is 32.2 Å². The van der Waals surface area contributed by atoms with Crippen molar-refractivity contribution in [3.05, 3.63) is 0 Å². The smallest absolute Gasteiger partial charge is 0.285 e. The Morgan fingerprint density at radius 3 is 2.42 bits per heavy atom. The van der Waals surface area contributed by atoms with Gasteiger partial charge in [-0.15, -0.1) is 0 Å². The minimum atomic E-state index is 0.487. The van der Waals surface area contributed by atoms with Crippen molar-refractivity contribution in [2.75, 3.05) is 6.61 Å². The Morgan fingerprint density at radius 2 is 1.75 bits per heavy atom. The quantitative estimate of drug-likeness (QED) is 0.305. The van der Waals surface area contributed by atoms with Gasteiger partial charge < -0.3 is 0 Å². The fraction of sp³-hybridized carbons (Fsp3) is 0.889. The summed E-state index contributed by atoms with van der Waals surface area (Å²) in [5.74, 6) is 0. The zero-order chi connectivity index (χ0) is 9.07. The molecular weight excluding hydrogens is 156 g/mol. The minimum Gasteiger partial charge on any atom is -0.285 e. The summed E-state index contributed by atoms with van der Waals surface area (Å²) in [6, 6.07) is 0. The molecule has 0 aliphatic heterocycles. The molecule has 0 amide bonds. The Hall–Kier alpha value is -0.570. The summed E-state index contributed by atoms with van der Waals surface area (Å²) in [5, 5.41) is 0. The molecule has 0 aromatic rings. The van der Waals surface area contributed by atoms with Gasteiger partial charge in [-0.3, -0.25) is 4.89 Å². The number of hydrogen-bond acceptors (Lipinski definition) is 3. The highest BCUT2D eigenvalue weighted by molar-refractivity contribution is 5.36. The van der Waals surface area contributed by atoms with Crippen LogP contribution in [0.1, 0.15) is 45.4 Å². The van der Waals surface area contributed by atoms with Crippen LogP contribution in [0.25, 0.3) is 0 Å². The first-order valence-electron chi connectivity index (χ1n) is 4.57. The molecule has 0 aliphatic rings. The molecule has 1 radical (unpaired) electrons. The predicted molar refractivity (Wildman–Crippen MR) is 46.1 cm³/mol. The fourth-order valence-electron chi connectivity index (χ4n) is 1.01. The van der Waals surface area contributed by atoms with Crippen molar-refractivity contribution in [1.82, 2.24) is 0 Å². The minimum absolute atomic E-state index is 0.487. The molecule has 0 rings (SSSR count). The first-order valence-corrected chi connectivity index (χ1v) is 4.57. The average molecular weight is 173 g/mol. The van der Waals surface area contributed by atoms with Crippen LogP contribution < -0.4 is 0 Å². The summed E-state index contributed by atoms with van der Waals surface area (Å²) in [6.07, 6.45) is 7.19. The molecule has 0 N–H and O–H groups in total. The zero-order valence-electron chi connectivity index (χ0n) is 7.67. The molecule has 0 spiro atoms. The molecule has 0 aromatic carbocycles. The van der Waals surface area contributed by atoms with Crippen LogP contribution in [0, 0.1) is 0 Å². The van der Waals surface area contributed by atoms with Crippen LogP contribution in [0.15, 0.2) is 0 Å². The Morgan fingerprint density at radius 1 is 1.08 bits per heavy atom. The molecule has 0 saturated heterocycles. The highest BCUT2D eigenvalue weighted by Gasteiger charge is 1.90. The number of unbranched alkanes of at least 4 members (excludes halogenated alkanes) is 5. The summed E-state index contributed by atoms with van der Waals surface area (Å²) < 4.78 is 0. The van der Waals surface area contributed by atoms with Crippen molar-refractivity contribution in [2.24, 2.45) is 0 Å². The molecule has 0 bridgehead atoms. The van der Waals surface area contributed by atoms with E-state index in [-0.39, 0.29) is 0 Å². The van der Waals surface area contributed by atoms with Gasteiger partial charge in [0.25, 0.3) is 0 Å². The Kier molecular flexibility index (Phi) is 9.93. The third-order valence-corrected chi connectivity index (χ3v) is 1.67. The lowest BCUT2D eigenvalue weighted by Crippen LogP contribution is -1.94. The lowest BCUT2D eigenvalue weighted by atomic mass is 10.1. The number of rotatable bonds is 9. The van der Waals surface area contributed by atoms with Crippen molar-refractivity contribution >= 4 is 6.47 Å². The maximum atomic E-state index is 9.51. The first kappa shape index (κ1) is 11.4. The largest absolute Gasteiger partial charge is 0.453 e. The average Bonchev–Trinajstić information content (AvgIpc) is 2.10. The van der Waals surface area contributed by atoms with Gasteiger partial charge in [0.1, 0.15) is 0 Å². The van der Waals surface area contributed by atoms with E-state index in [0.29, 0.717) is 6.61 Å². The monoisotopic (exact) mass is 173 g/mol.